The molecule has 128 valence electrons. The molecule has 0 bridgehead atoms. The number of ketones is 1. The highest BCUT2D eigenvalue weighted by Crippen LogP contribution is 2.12. The zero-order chi connectivity index (χ0) is 16.9. The van der Waals surface area contributed by atoms with Crippen molar-refractivity contribution >= 4 is 40.8 Å². The molecule has 0 spiro atoms. The number of allylic oxidation sites excluding steroid dienone is 1. The van der Waals surface area contributed by atoms with Crippen LogP contribution in [-0.4, -0.2) is 21.7 Å². The minimum absolute atomic E-state index is 0. The Balaban J connectivity index is 0.00000225. The van der Waals surface area contributed by atoms with Gasteiger partial charge in [-0.3, -0.25) is 20.4 Å². The van der Waals surface area contributed by atoms with E-state index in [1.54, 1.807) is 24.5 Å². The molecule has 0 aliphatic rings. The number of halogens is 1. The lowest BCUT2D eigenvalue weighted by molar-refractivity contribution is -0.112. The molecule has 7 heteroatoms. The molecule has 0 saturated heterocycles. The maximum Gasteiger partial charge on any atom is 0.269 e. The van der Waals surface area contributed by atoms with Crippen LogP contribution in [0.4, 0.5) is 0 Å². The third-order valence-corrected chi connectivity index (χ3v) is 3.43. The monoisotopic (exact) mass is 356 g/mol. The topological polar surface area (TPSA) is 86.9 Å². The number of nitrogens with zero attached hydrogens (tertiary/aromatic N) is 1. The predicted molar refractivity (Wildman–Crippen MR) is 99.0 cm³/mol. The second-order valence-corrected chi connectivity index (χ2v) is 5.25. The standard InChI is InChI=1S/C18H16N4O2.ClH/c1-12(23)9-16(13-5-3-2-4-6-13)21-22-18(24)14-7-8-15-17(10-14)20-11-19-15;/h2-11,21H,1H3,(H,19,20)(H,22,24);1H. The molecule has 3 aromatic rings. The summed E-state index contributed by atoms with van der Waals surface area (Å²) >= 11 is 0. The third kappa shape index (κ3) is 4.45. The van der Waals surface area contributed by atoms with Gasteiger partial charge in [0, 0.05) is 11.6 Å². The number of hydrogen-bond donors (Lipinski definition) is 3. The first-order chi connectivity index (χ1) is 11.6. The molecule has 0 fully saturated rings. The Morgan fingerprint density at radius 1 is 1.04 bits per heavy atom. The number of hydrazine groups is 1. The van der Waals surface area contributed by atoms with Crippen LogP contribution in [0.2, 0.25) is 0 Å². The van der Waals surface area contributed by atoms with Crippen molar-refractivity contribution in [2.75, 3.05) is 0 Å². The summed E-state index contributed by atoms with van der Waals surface area (Å²) < 4.78 is 0. The van der Waals surface area contributed by atoms with Gasteiger partial charge in [0.05, 0.1) is 23.1 Å². The lowest BCUT2D eigenvalue weighted by Gasteiger charge is -2.12. The summed E-state index contributed by atoms with van der Waals surface area (Å²) in [5.74, 6) is -0.425. The summed E-state index contributed by atoms with van der Waals surface area (Å²) in [6.07, 6.45) is 3.02. The van der Waals surface area contributed by atoms with Crippen LogP contribution in [0.15, 0.2) is 60.9 Å². The van der Waals surface area contributed by atoms with Crippen LogP contribution in [0.25, 0.3) is 16.7 Å². The summed E-state index contributed by atoms with van der Waals surface area (Å²) in [6, 6.07) is 14.5. The minimum atomic E-state index is -0.308. The average molecular weight is 357 g/mol. The number of amides is 1. The molecule has 0 aliphatic heterocycles. The summed E-state index contributed by atoms with van der Waals surface area (Å²) in [5, 5.41) is 0. The molecule has 0 unspecified atom stereocenters. The number of hydrogen-bond acceptors (Lipinski definition) is 4. The fraction of sp³-hybridized carbons (Fsp3) is 0.0556. The van der Waals surface area contributed by atoms with Gasteiger partial charge in [0.1, 0.15) is 0 Å². The van der Waals surface area contributed by atoms with Crippen LogP contribution in [-0.2, 0) is 4.79 Å². The van der Waals surface area contributed by atoms with Crippen molar-refractivity contribution in [3.63, 3.8) is 0 Å². The van der Waals surface area contributed by atoms with E-state index in [1.165, 1.54) is 13.0 Å². The van der Waals surface area contributed by atoms with E-state index in [9.17, 15) is 9.59 Å². The number of imidazole rings is 1. The number of aromatic amines is 1. The van der Waals surface area contributed by atoms with E-state index in [0.29, 0.717) is 11.3 Å². The number of fused-ring (bicyclic) bond motifs is 1. The summed E-state index contributed by atoms with van der Waals surface area (Å²) in [5.41, 5.74) is 8.82. The van der Waals surface area contributed by atoms with E-state index < -0.39 is 0 Å². The Bertz CT molecular complexity index is 919. The largest absolute Gasteiger partial charge is 0.345 e. The molecule has 1 amide bonds. The van der Waals surface area contributed by atoms with Crippen molar-refractivity contribution in [1.29, 1.82) is 0 Å². The Hall–Kier alpha value is -3.12. The van der Waals surface area contributed by atoms with E-state index in [-0.39, 0.29) is 24.1 Å². The molecule has 0 aliphatic carbocycles. The van der Waals surface area contributed by atoms with Crippen LogP contribution in [0.1, 0.15) is 22.8 Å². The van der Waals surface area contributed by atoms with Gasteiger partial charge in [0.25, 0.3) is 5.91 Å². The fourth-order valence-electron chi connectivity index (χ4n) is 2.29. The predicted octanol–water partition coefficient (Wildman–Crippen LogP) is 2.85. The van der Waals surface area contributed by atoms with Crippen LogP contribution in [0.3, 0.4) is 0 Å². The average Bonchev–Trinajstić information content (AvgIpc) is 3.06. The first-order valence-corrected chi connectivity index (χ1v) is 7.40. The normalized spacial score (nSPS) is 10.8. The molecule has 0 atom stereocenters. The molecule has 2 aromatic carbocycles. The number of H-pyrrole nitrogens is 1. The van der Waals surface area contributed by atoms with E-state index >= 15 is 0 Å². The zero-order valence-electron chi connectivity index (χ0n) is 13.4. The molecule has 0 saturated carbocycles. The van der Waals surface area contributed by atoms with Crippen LogP contribution in [0, 0.1) is 0 Å². The number of benzene rings is 2. The first-order valence-electron chi connectivity index (χ1n) is 7.40. The summed E-state index contributed by atoms with van der Waals surface area (Å²) in [6.45, 7) is 1.46. The fourth-order valence-corrected chi connectivity index (χ4v) is 2.29. The molecular formula is C18H17ClN4O2. The number of carbonyl (C=O) groups excluding carboxylic acids is 2. The number of aromatic nitrogens is 2. The van der Waals surface area contributed by atoms with Gasteiger partial charge in [-0.15, -0.1) is 12.4 Å². The number of rotatable bonds is 5. The van der Waals surface area contributed by atoms with Crippen LogP contribution >= 0.6 is 12.4 Å². The minimum Gasteiger partial charge on any atom is -0.345 e. The van der Waals surface area contributed by atoms with E-state index in [1.807, 2.05) is 30.3 Å². The van der Waals surface area contributed by atoms with Gasteiger partial charge in [-0.25, -0.2) is 4.98 Å². The molecule has 0 radical (unpaired) electrons. The SMILES string of the molecule is CC(=O)C=C(NNC(=O)c1ccc2nc[nH]c2c1)c1ccccc1.Cl. The third-order valence-electron chi connectivity index (χ3n) is 3.43. The Morgan fingerprint density at radius 2 is 1.80 bits per heavy atom. The van der Waals surface area contributed by atoms with Crippen molar-refractivity contribution in [2.24, 2.45) is 0 Å². The number of nitrogens with one attached hydrogen (secondary N) is 3. The van der Waals surface area contributed by atoms with E-state index in [4.69, 9.17) is 0 Å². The van der Waals surface area contributed by atoms with Crippen molar-refractivity contribution in [2.45, 2.75) is 6.92 Å². The van der Waals surface area contributed by atoms with Gasteiger partial charge in [-0.2, -0.15) is 0 Å². The maximum absolute atomic E-state index is 12.3. The van der Waals surface area contributed by atoms with Crippen molar-refractivity contribution in [3.05, 3.63) is 72.1 Å². The molecule has 3 rings (SSSR count). The van der Waals surface area contributed by atoms with Gasteiger partial charge in [-0.1, -0.05) is 30.3 Å². The van der Waals surface area contributed by atoms with Crippen molar-refractivity contribution < 1.29 is 9.59 Å². The summed E-state index contributed by atoms with van der Waals surface area (Å²) in [4.78, 5) is 30.8. The molecule has 25 heavy (non-hydrogen) atoms. The maximum atomic E-state index is 12.3. The van der Waals surface area contributed by atoms with E-state index in [0.717, 1.165) is 16.6 Å². The highest BCUT2D eigenvalue weighted by Gasteiger charge is 2.09. The highest BCUT2D eigenvalue weighted by atomic mass is 35.5. The Morgan fingerprint density at radius 3 is 2.52 bits per heavy atom. The van der Waals surface area contributed by atoms with Gasteiger partial charge < -0.3 is 4.98 Å². The van der Waals surface area contributed by atoms with Crippen LogP contribution in [0.5, 0.6) is 0 Å². The summed E-state index contributed by atoms with van der Waals surface area (Å²) in [7, 11) is 0. The molecule has 1 heterocycles. The Labute approximate surface area is 150 Å². The zero-order valence-corrected chi connectivity index (χ0v) is 14.3. The molecule has 6 nitrogen and oxygen atoms in total. The van der Waals surface area contributed by atoms with Gasteiger partial charge >= 0.3 is 0 Å². The van der Waals surface area contributed by atoms with Gasteiger partial charge in [-0.05, 0) is 30.7 Å². The molecule has 3 N–H and O–H groups in total. The number of carbonyl (C=O) groups is 2. The highest BCUT2D eigenvalue weighted by molar-refractivity contribution is 5.98. The second kappa shape index (κ2) is 8.12. The van der Waals surface area contributed by atoms with Gasteiger partial charge in [0.2, 0.25) is 0 Å². The molecular weight excluding hydrogens is 340 g/mol. The Kier molecular flexibility index (Phi) is 5.92. The lowest BCUT2D eigenvalue weighted by atomic mass is 10.1. The van der Waals surface area contributed by atoms with Gasteiger partial charge in [0.15, 0.2) is 5.78 Å². The van der Waals surface area contributed by atoms with Crippen molar-refractivity contribution in [3.8, 4) is 0 Å². The van der Waals surface area contributed by atoms with Crippen LogP contribution < -0.4 is 10.9 Å². The lowest BCUT2D eigenvalue weighted by Crippen LogP contribution is -2.36. The first kappa shape index (κ1) is 18.2. The smallest absolute Gasteiger partial charge is 0.269 e. The van der Waals surface area contributed by atoms with E-state index in [2.05, 4.69) is 20.8 Å². The van der Waals surface area contributed by atoms with Crippen molar-refractivity contribution in [1.82, 2.24) is 20.8 Å². The second-order valence-electron chi connectivity index (χ2n) is 5.25. The quantitative estimate of drug-likeness (QED) is 0.484. The molecule has 1 aromatic heterocycles.